The molecule has 2 nitrogen and oxygen atoms in total. The van der Waals surface area contributed by atoms with Gasteiger partial charge in [-0.05, 0) is 28.3 Å². The molecule has 0 atom stereocenters. The summed E-state index contributed by atoms with van der Waals surface area (Å²) < 4.78 is 2.37. The minimum absolute atomic E-state index is 1.01. The van der Waals surface area contributed by atoms with Gasteiger partial charge in [0.15, 0.2) is 0 Å². The van der Waals surface area contributed by atoms with Gasteiger partial charge in [0.2, 0.25) is 0 Å². The SMILES string of the molecule is [Se]=P(c1ccccc1)(c1ccccc1)c1ccc2cc(-c3ccc4cc5c6ccc7ccccc7c6c6nc7ccccc7n6c5cc4c3)ccc2c1. The van der Waals surface area contributed by atoms with Crippen molar-refractivity contribution in [3.05, 3.63) is 188 Å². The molecule has 0 radical (unpaired) electrons. The van der Waals surface area contributed by atoms with Crippen LogP contribution in [0.25, 0.3) is 81.8 Å². The Hall–Kier alpha value is -5.82. The summed E-state index contributed by atoms with van der Waals surface area (Å²) in [6.45, 7) is 0. The average molecular weight is 758 g/mol. The normalized spacial score (nSPS) is 12.2. The van der Waals surface area contributed by atoms with Crippen molar-refractivity contribution in [1.82, 2.24) is 9.38 Å². The molecule has 0 N–H and O–H groups in total. The van der Waals surface area contributed by atoms with Crippen molar-refractivity contribution in [3.63, 3.8) is 0 Å². The summed E-state index contributed by atoms with van der Waals surface area (Å²) >= 11 is 3.71. The van der Waals surface area contributed by atoms with Gasteiger partial charge >= 0.3 is 202 Å². The summed E-state index contributed by atoms with van der Waals surface area (Å²) in [6.07, 6.45) is 0. The maximum absolute atomic E-state index is 5.24. The van der Waals surface area contributed by atoms with E-state index in [0.29, 0.717) is 0 Å². The Morgan fingerprint density at radius 2 is 1.00 bits per heavy atom. The van der Waals surface area contributed by atoms with E-state index >= 15 is 0 Å². The molecule has 0 fully saturated rings. The predicted octanol–water partition coefficient (Wildman–Crippen LogP) is 11.3. The first-order valence-corrected chi connectivity index (χ1v) is 22.0. The summed E-state index contributed by atoms with van der Waals surface area (Å²) in [5.41, 5.74) is 4.80. The van der Waals surface area contributed by atoms with Crippen molar-refractivity contribution < 1.29 is 0 Å². The topological polar surface area (TPSA) is 17.3 Å². The molecule has 11 rings (SSSR count). The summed E-state index contributed by atoms with van der Waals surface area (Å²) in [5.74, 6) is 0. The second-order valence-corrected chi connectivity index (χ2v) is 20.1. The molecule has 2 heterocycles. The second-order valence-electron chi connectivity index (χ2n) is 13.9. The Morgan fingerprint density at radius 3 is 1.77 bits per heavy atom. The van der Waals surface area contributed by atoms with Gasteiger partial charge in [-0.15, -0.1) is 0 Å². The Morgan fingerprint density at radius 1 is 0.396 bits per heavy atom. The number of hydrogen-bond donors (Lipinski definition) is 0. The number of hydrogen-bond acceptors (Lipinski definition) is 1. The fourth-order valence-corrected chi connectivity index (χ4v) is 13.3. The van der Waals surface area contributed by atoms with Gasteiger partial charge in [-0.1, -0.05) is 48.5 Å². The van der Waals surface area contributed by atoms with E-state index in [-0.39, 0.29) is 0 Å². The molecular weight excluding hydrogens is 726 g/mol. The Bertz CT molecular complexity index is 3270. The van der Waals surface area contributed by atoms with Crippen LogP contribution in [-0.4, -0.2) is 24.5 Å². The molecule has 11 aromatic rings. The third-order valence-electron chi connectivity index (χ3n) is 11.0. The van der Waals surface area contributed by atoms with Crippen LogP contribution in [0.4, 0.5) is 0 Å². The molecule has 0 saturated carbocycles. The zero-order valence-corrected chi connectivity index (χ0v) is 31.3. The molecule has 0 unspecified atom stereocenters. The fourth-order valence-electron chi connectivity index (χ4n) is 8.37. The zero-order chi connectivity index (χ0) is 35.1. The molecule has 0 aliphatic carbocycles. The van der Waals surface area contributed by atoms with E-state index in [2.05, 4.69) is 208 Å². The Labute approximate surface area is 314 Å². The van der Waals surface area contributed by atoms with Crippen LogP contribution < -0.4 is 15.9 Å². The van der Waals surface area contributed by atoms with Crippen LogP contribution in [0.15, 0.2) is 188 Å². The van der Waals surface area contributed by atoms with Crippen LogP contribution in [0.5, 0.6) is 0 Å². The molecule has 53 heavy (non-hydrogen) atoms. The summed E-state index contributed by atoms with van der Waals surface area (Å²) in [5, 5.41) is 15.1. The molecule has 2 aromatic heterocycles. The van der Waals surface area contributed by atoms with E-state index in [9.17, 15) is 0 Å². The third-order valence-corrected chi connectivity index (χ3v) is 18.0. The number of rotatable bonds is 4. The van der Waals surface area contributed by atoms with Crippen molar-refractivity contribution in [1.29, 1.82) is 0 Å². The number of benzene rings is 9. The molecule has 4 heteroatoms. The number of fused-ring (bicyclic) bond motifs is 12. The van der Waals surface area contributed by atoms with Crippen LogP contribution in [0.1, 0.15) is 0 Å². The van der Waals surface area contributed by atoms with E-state index in [1.165, 1.54) is 81.0 Å². The molecule has 0 bridgehead atoms. The van der Waals surface area contributed by atoms with Crippen molar-refractivity contribution in [2.45, 2.75) is 0 Å². The number of aromatic nitrogens is 2. The van der Waals surface area contributed by atoms with Gasteiger partial charge in [0, 0.05) is 10.8 Å². The monoisotopic (exact) mass is 758 g/mol. The number of imidazole rings is 1. The van der Waals surface area contributed by atoms with Crippen molar-refractivity contribution in [2.24, 2.45) is 0 Å². The number of pyridine rings is 1. The van der Waals surface area contributed by atoms with Gasteiger partial charge in [0.1, 0.15) is 5.65 Å². The first-order chi connectivity index (χ1) is 26.1. The van der Waals surface area contributed by atoms with E-state index in [0.717, 1.165) is 16.7 Å². The molecule has 0 spiro atoms. The predicted molar refractivity (Wildman–Crippen MR) is 230 cm³/mol. The van der Waals surface area contributed by atoms with Crippen molar-refractivity contribution in [2.75, 3.05) is 0 Å². The quantitative estimate of drug-likeness (QED) is 0.0756. The second kappa shape index (κ2) is 11.9. The van der Waals surface area contributed by atoms with E-state index in [1.54, 1.807) is 0 Å². The summed E-state index contributed by atoms with van der Waals surface area (Å²) in [6, 6.07) is 69.1. The first kappa shape index (κ1) is 30.8. The summed E-state index contributed by atoms with van der Waals surface area (Å²) in [4.78, 5) is 5.24. The molecule has 0 aliphatic heterocycles. The van der Waals surface area contributed by atoms with Crippen LogP contribution >= 0.6 is 5.51 Å². The molecule has 248 valence electrons. The Balaban J connectivity index is 1.07. The summed E-state index contributed by atoms with van der Waals surface area (Å²) in [7, 11) is 0. The van der Waals surface area contributed by atoms with Gasteiger partial charge in [-0.3, -0.25) is 4.40 Å². The average Bonchev–Trinajstić information content (AvgIpc) is 3.62. The fraction of sp³-hybridized carbons (Fsp3) is 0. The minimum atomic E-state index is -1.94. The van der Waals surface area contributed by atoms with Crippen molar-refractivity contribution in [3.8, 4) is 11.1 Å². The third kappa shape index (κ3) is 4.72. The van der Waals surface area contributed by atoms with Crippen LogP contribution in [0, 0.1) is 0 Å². The zero-order valence-electron chi connectivity index (χ0n) is 28.6. The van der Waals surface area contributed by atoms with Gasteiger partial charge in [-0.2, -0.15) is 0 Å². The van der Waals surface area contributed by atoms with Gasteiger partial charge in [-0.25, -0.2) is 4.98 Å². The van der Waals surface area contributed by atoms with Crippen LogP contribution in [0.2, 0.25) is 0 Å². The number of para-hydroxylation sites is 2. The van der Waals surface area contributed by atoms with E-state index in [4.69, 9.17) is 4.98 Å². The van der Waals surface area contributed by atoms with E-state index in [1.807, 2.05) is 0 Å². The van der Waals surface area contributed by atoms with Gasteiger partial charge < -0.3 is 0 Å². The molecular formula is C49H31N2PSe. The Kier molecular flexibility index (Phi) is 6.88. The van der Waals surface area contributed by atoms with Crippen LogP contribution in [0.3, 0.4) is 0 Å². The standard InChI is InChI=1S/C49H31N2PSe/c53-52(39-12-3-1-4-13-39,40-14-5-2-6-15-40)41-25-23-35-27-33(19-21-36(35)29-41)34-20-22-37-30-44-43-26-24-32-11-7-8-16-42(32)48(43)49-50-45-17-9-10-18-46(45)51(49)47(44)31-38(37)28-34/h1-31H. The molecule has 0 aliphatic rings. The maximum atomic E-state index is 5.24. The van der Waals surface area contributed by atoms with Gasteiger partial charge in [0.05, 0.1) is 11.0 Å². The van der Waals surface area contributed by atoms with Crippen molar-refractivity contribution >= 4 is 107 Å². The first-order valence-electron chi connectivity index (χ1n) is 18.0. The molecule has 0 amide bonds. The van der Waals surface area contributed by atoms with E-state index < -0.39 is 5.51 Å². The van der Waals surface area contributed by atoms with Gasteiger partial charge in [0.25, 0.3) is 0 Å². The number of nitrogens with zero attached hydrogens (tertiary/aromatic N) is 2. The van der Waals surface area contributed by atoms with Crippen LogP contribution in [-0.2, 0) is 0 Å². The molecule has 9 aromatic carbocycles. The molecule has 0 saturated heterocycles.